The Morgan fingerprint density at radius 2 is 1.86 bits per heavy atom. The van der Waals surface area contributed by atoms with Crippen molar-refractivity contribution in [3.05, 3.63) is 28.2 Å². The number of hydrogen-bond acceptors (Lipinski definition) is 5. The summed E-state index contributed by atoms with van der Waals surface area (Å²) in [6, 6.07) is 3.27. The molecule has 8 heteroatoms. The highest BCUT2D eigenvalue weighted by atomic mass is 16.5. The molecular weight excluding hydrogens is 360 g/mol. The molecule has 1 aromatic carbocycles. The first kappa shape index (κ1) is 17.5. The average molecular weight is 384 g/mol. The van der Waals surface area contributed by atoms with Crippen molar-refractivity contribution in [3.63, 3.8) is 0 Å². The summed E-state index contributed by atoms with van der Waals surface area (Å²) in [4.78, 5) is 36.8. The van der Waals surface area contributed by atoms with Crippen LogP contribution in [0.1, 0.15) is 43.7 Å². The third-order valence-corrected chi connectivity index (χ3v) is 6.48. The Morgan fingerprint density at radius 3 is 2.61 bits per heavy atom. The molecule has 5 rings (SSSR count). The van der Waals surface area contributed by atoms with Gasteiger partial charge in [0.05, 0.1) is 11.0 Å². The summed E-state index contributed by atoms with van der Waals surface area (Å²) in [7, 11) is 1.71. The van der Waals surface area contributed by atoms with Crippen molar-refractivity contribution in [3.8, 4) is 5.75 Å². The third-order valence-electron chi connectivity index (χ3n) is 6.48. The van der Waals surface area contributed by atoms with Gasteiger partial charge in [0.2, 0.25) is 11.8 Å². The topological polar surface area (TPSA) is 94.4 Å². The van der Waals surface area contributed by atoms with Gasteiger partial charge in [-0.1, -0.05) is 0 Å². The fourth-order valence-corrected chi connectivity index (χ4v) is 4.83. The van der Waals surface area contributed by atoms with E-state index in [4.69, 9.17) is 4.74 Å². The number of carbonyl (C=O) groups is 2. The Hall–Kier alpha value is -2.61. The number of fused-ring (bicyclic) bond motifs is 2. The molecule has 1 spiro atoms. The maximum atomic E-state index is 12.9. The van der Waals surface area contributed by atoms with Gasteiger partial charge in [0.15, 0.2) is 0 Å². The van der Waals surface area contributed by atoms with Crippen LogP contribution in [0.4, 0.5) is 0 Å². The van der Waals surface area contributed by atoms with E-state index in [1.165, 1.54) is 4.57 Å². The Balaban J connectivity index is 1.60. The highest BCUT2D eigenvalue weighted by molar-refractivity contribution is 6.00. The predicted octanol–water partition coefficient (Wildman–Crippen LogP) is 0.765. The standard InChI is InChI=1S/C20H24N4O4/c1-23-14-11-16-12(4-5-20(28-16)6-8-21-9-7-20)10-15(14)24(19(23)27)13-2-3-17(25)22-18(13)26/h10-11,13,21H,2-9H2,1H3,(H,22,25,26). The van der Waals surface area contributed by atoms with E-state index in [-0.39, 0.29) is 23.6 Å². The van der Waals surface area contributed by atoms with Gasteiger partial charge >= 0.3 is 5.69 Å². The van der Waals surface area contributed by atoms with Crippen molar-refractivity contribution >= 4 is 22.8 Å². The van der Waals surface area contributed by atoms with Gasteiger partial charge in [0.25, 0.3) is 0 Å². The molecule has 2 fully saturated rings. The molecule has 2 N–H and O–H groups in total. The second-order valence-corrected chi connectivity index (χ2v) is 8.16. The Labute approximate surface area is 161 Å². The molecule has 1 unspecified atom stereocenters. The van der Waals surface area contributed by atoms with Crippen molar-refractivity contribution in [2.75, 3.05) is 13.1 Å². The molecule has 148 valence electrons. The molecule has 2 amide bonds. The smallest absolute Gasteiger partial charge is 0.329 e. The minimum absolute atomic E-state index is 0.114. The van der Waals surface area contributed by atoms with E-state index < -0.39 is 11.9 Å². The van der Waals surface area contributed by atoms with E-state index in [1.54, 1.807) is 11.6 Å². The number of amides is 2. The van der Waals surface area contributed by atoms with E-state index in [0.29, 0.717) is 6.42 Å². The number of imidazole rings is 1. The van der Waals surface area contributed by atoms with Gasteiger partial charge in [-0.2, -0.15) is 0 Å². The third kappa shape index (κ3) is 2.58. The monoisotopic (exact) mass is 384 g/mol. The zero-order valence-electron chi connectivity index (χ0n) is 15.9. The summed E-state index contributed by atoms with van der Waals surface area (Å²) in [6.07, 6.45) is 4.41. The van der Waals surface area contributed by atoms with Gasteiger partial charge in [-0.15, -0.1) is 0 Å². The highest BCUT2D eigenvalue weighted by Gasteiger charge is 2.38. The van der Waals surface area contributed by atoms with Crippen molar-refractivity contribution in [1.29, 1.82) is 0 Å². The molecule has 1 atom stereocenters. The molecular formula is C20H24N4O4. The molecule has 2 saturated heterocycles. The lowest BCUT2D eigenvalue weighted by molar-refractivity contribution is -0.135. The van der Waals surface area contributed by atoms with Gasteiger partial charge < -0.3 is 10.1 Å². The lowest BCUT2D eigenvalue weighted by atomic mass is 9.83. The Kier molecular flexibility index (Phi) is 3.87. The van der Waals surface area contributed by atoms with E-state index in [9.17, 15) is 14.4 Å². The summed E-state index contributed by atoms with van der Waals surface area (Å²) in [5.74, 6) is 0.151. The van der Waals surface area contributed by atoms with E-state index in [1.807, 2.05) is 12.1 Å². The van der Waals surface area contributed by atoms with Gasteiger partial charge in [0.1, 0.15) is 17.4 Å². The Bertz CT molecular complexity index is 1040. The van der Waals surface area contributed by atoms with Crippen LogP contribution in [0.3, 0.4) is 0 Å². The van der Waals surface area contributed by atoms with Gasteiger partial charge in [-0.05, 0) is 56.8 Å². The molecule has 3 aliphatic heterocycles. The molecule has 0 aliphatic carbocycles. The van der Waals surface area contributed by atoms with Crippen LogP contribution >= 0.6 is 0 Å². The number of hydrogen-bond donors (Lipinski definition) is 2. The normalized spacial score (nSPS) is 24.1. The number of nitrogens with one attached hydrogen (secondary N) is 2. The zero-order chi connectivity index (χ0) is 19.5. The number of aromatic nitrogens is 2. The van der Waals surface area contributed by atoms with Crippen molar-refractivity contribution in [1.82, 2.24) is 19.8 Å². The predicted molar refractivity (Wildman–Crippen MR) is 102 cm³/mol. The lowest BCUT2D eigenvalue weighted by Gasteiger charge is -2.41. The molecule has 4 heterocycles. The van der Waals surface area contributed by atoms with Crippen molar-refractivity contribution in [2.45, 2.75) is 50.2 Å². The number of nitrogens with zero attached hydrogens (tertiary/aromatic N) is 2. The van der Waals surface area contributed by atoms with Crippen molar-refractivity contribution in [2.24, 2.45) is 7.05 Å². The van der Waals surface area contributed by atoms with Gasteiger partial charge in [0, 0.05) is 19.5 Å². The van der Waals surface area contributed by atoms with Crippen LogP contribution in [0.25, 0.3) is 11.0 Å². The minimum atomic E-state index is -0.660. The number of benzene rings is 1. The van der Waals surface area contributed by atoms with Crippen molar-refractivity contribution < 1.29 is 14.3 Å². The van der Waals surface area contributed by atoms with E-state index >= 15 is 0 Å². The minimum Gasteiger partial charge on any atom is -0.487 e. The second kappa shape index (κ2) is 6.20. The SMILES string of the molecule is Cn1c(=O)n(C2CCC(=O)NC2=O)c2cc3c(cc21)OC1(CCNCC1)CC3. The first-order valence-corrected chi connectivity index (χ1v) is 9.95. The fourth-order valence-electron chi connectivity index (χ4n) is 4.83. The number of aryl methyl sites for hydroxylation is 2. The molecule has 2 aromatic rings. The molecule has 3 aliphatic rings. The summed E-state index contributed by atoms with van der Waals surface area (Å²) in [5.41, 5.74) is 2.19. The van der Waals surface area contributed by atoms with Gasteiger partial charge in [-0.25, -0.2) is 4.79 Å². The molecule has 0 radical (unpaired) electrons. The fraction of sp³-hybridized carbons (Fsp3) is 0.550. The molecule has 1 aromatic heterocycles. The average Bonchev–Trinajstić information content (AvgIpc) is 2.91. The maximum Gasteiger partial charge on any atom is 0.329 e. The lowest BCUT2D eigenvalue weighted by Crippen LogP contribution is -2.48. The van der Waals surface area contributed by atoms with Gasteiger partial charge in [-0.3, -0.25) is 24.0 Å². The maximum absolute atomic E-state index is 12.9. The number of piperidine rings is 2. The van der Waals surface area contributed by atoms with Crippen LogP contribution in [0.2, 0.25) is 0 Å². The molecule has 0 saturated carbocycles. The largest absolute Gasteiger partial charge is 0.487 e. The molecule has 28 heavy (non-hydrogen) atoms. The first-order chi connectivity index (χ1) is 13.5. The molecule has 8 nitrogen and oxygen atoms in total. The van der Waals surface area contributed by atoms with Crippen LogP contribution in [0, 0.1) is 0 Å². The number of imide groups is 1. The summed E-state index contributed by atoms with van der Waals surface area (Å²) < 4.78 is 9.56. The summed E-state index contributed by atoms with van der Waals surface area (Å²) in [5, 5.41) is 5.74. The first-order valence-electron chi connectivity index (χ1n) is 9.95. The molecule has 0 bridgehead atoms. The number of rotatable bonds is 1. The number of carbonyl (C=O) groups excluding carboxylic acids is 2. The van der Waals surface area contributed by atoms with Crippen LogP contribution in [-0.2, 0) is 23.1 Å². The van der Waals surface area contributed by atoms with Crippen LogP contribution in [-0.4, -0.2) is 39.6 Å². The van der Waals surface area contributed by atoms with Crippen LogP contribution in [0.5, 0.6) is 5.75 Å². The van der Waals surface area contributed by atoms with Crippen LogP contribution < -0.4 is 21.1 Å². The number of ether oxygens (including phenoxy) is 1. The summed E-state index contributed by atoms with van der Waals surface area (Å²) in [6.45, 7) is 1.92. The van der Waals surface area contributed by atoms with E-state index in [0.717, 1.165) is 61.1 Å². The van der Waals surface area contributed by atoms with Crippen LogP contribution in [0.15, 0.2) is 16.9 Å². The second-order valence-electron chi connectivity index (χ2n) is 8.16. The van der Waals surface area contributed by atoms with E-state index in [2.05, 4.69) is 10.6 Å². The Morgan fingerprint density at radius 1 is 1.07 bits per heavy atom. The highest BCUT2D eigenvalue weighted by Crippen LogP contribution is 2.40. The quantitative estimate of drug-likeness (QED) is 0.708. The zero-order valence-corrected chi connectivity index (χ0v) is 15.9. The summed E-state index contributed by atoms with van der Waals surface area (Å²) >= 11 is 0.